The van der Waals surface area contributed by atoms with Gasteiger partial charge in [0.15, 0.2) is 6.10 Å². The van der Waals surface area contributed by atoms with Gasteiger partial charge in [0, 0.05) is 11.4 Å². The van der Waals surface area contributed by atoms with Crippen LogP contribution in [0.25, 0.3) is 0 Å². The van der Waals surface area contributed by atoms with Crippen molar-refractivity contribution in [1.29, 1.82) is 0 Å². The zero-order valence-corrected chi connectivity index (χ0v) is 15.0. The van der Waals surface area contributed by atoms with Crippen LogP contribution in [-0.2, 0) is 16.0 Å². The van der Waals surface area contributed by atoms with Gasteiger partial charge in [0.25, 0.3) is 0 Å². The molecular formula is C20H23ClO3. The molecule has 0 N–H and O–H groups in total. The Kier molecular flexibility index (Phi) is 6.68. The van der Waals surface area contributed by atoms with Crippen LogP contribution >= 0.6 is 11.6 Å². The molecule has 3 nitrogen and oxygen atoms in total. The van der Waals surface area contributed by atoms with Crippen LogP contribution in [0.15, 0.2) is 48.5 Å². The Hall–Kier alpha value is -2.00. The number of carbonyl (C=O) groups is 1. The Balaban J connectivity index is 2.13. The molecule has 0 bridgehead atoms. The Labute approximate surface area is 148 Å². The Morgan fingerprint density at radius 2 is 1.67 bits per heavy atom. The second-order valence-electron chi connectivity index (χ2n) is 5.91. The maximum absolute atomic E-state index is 12.2. The third kappa shape index (κ3) is 5.27. The molecule has 0 aliphatic carbocycles. The van der Waals surface area contributed by atoms with Gasteiger partial charge in [-0.2, -0.15) is 0 Å². The highest BCUT2D eigenvalue weighted by Crippen LogP contribution is 2.21. The van der Waals surface area contributed by atoms with Crippen LogP contribution < -0.4 is 4.74 Å². The highest BCUT2D eigenvalue weighted by atomic mass is 35.5. The number of halogens is 1. The molecule has 2 rings (SSSR count). The molecule has 0 amide bonds. The van der Waals surface area contributed by atoms with Crippen LogP contribution in [0.5, 0.6) is 5.75 Å². The number of hydrogen-bond acceptors (Lipinski definition) is 3. The van der Waals surface area contributed by atoms with Crippen molar-refractivity contribution in [3.8, 4) is 5.75 Å². The number of hydrogen-bond donors (Lipinski definition) is 0. The third-order valence-corrected chi connectivity index (χ3v) is 3.96. The quantitative estimate of drug-likeness (QED) is 0.660. The van der Waals surface area contributed by atoms with E-state index >= 15 is 0 Å². The molecule has 2 aromatic rings. The lowest BCUT2D eigenvalue weighted by Crippen LogP contribution is -2.31. The molecule has 4 heteroatoms. The van der Waals surface area contributed by atoms with Gasteiger partial charge in [-0.25, -0.2) is 4.79 Å². The summed E-state index contributed by atoms with van der Waals surface area (Å²) in [5.74, 6) is 0.751. The zero-order valence-electron chi connectivity index (χ0n) is 14.3. The van der Waals surface area contributed by atoms with Crippen LogP contribution in [0.2, 0.25) is 5.02 Å². The van der Waals surface area contributed by atoms with Gasteiger partial charge in [0.2, 0.25) is 0 Å². The third-order valence-electron chi connectivity index (χ3n) is 3.71. The summed E-state index contributed by atoms with van der Waals surface area (Å²) in [6.45, 7) is 6.38. The minimum atomic E-state index is -0.684. The molecule has 0 heterocycles. The van der Waals surface area contributed by atoms with Crippen molar-refractivity contribution in [2.45, 2.75) is 39.2 Å². The molecule has 0 spiro atoms. The van der Waals surface area contributed by atoms with E-state index in [-0.39, 0.29) is 5.97 Å². The topological polar surface area (TPSA) is 35.5 Å². The zero-order chi connectivity index (χ0) is 17.5. The molecule has 0 saturated heterocycles. The fourth-order valence-electron chi connectivity index (χ4n) is 2.34. The lowest BCUT2D eigenvalue weighted by molar-refractivity contribution is -0.151. The van der Waals surface area contributed by atoms with Crippen LogP contribution in [0.3, 0.4) is 0 Å². The van der Waals surface area contributed by atoms with E-state index in [2.05, 4.69) is 13.8 Å². The van der Waals surface area contributed by atoms with Gasteiger partial charge >= 0.3 is 5.97 Å². The molecule has 1 atom stereocenters. The van der Waals surface area contributed by atoms with Gasteiger partial charge in [-0.15, -0.1) is 0 Å². The van der Waals surface area contributed by atoms with E-state index < -0.39 is 6.10 Å². The summed E-state index contributed by atoms with van der Waals surface area (Å²) >= 11 is 5.91. The van der Waals surface area contributed by atoms with E-state index in [0.29, 0.717) is 29.7 Å². The Morgan fingerprint density at radius 3 is 2.21 bits per heavy atom. The molecule has 0 radical (unpaired) electrons. The van der Waals surface area contributed by atoms with E-state index in [9.17, 15) is 4.79 Å². The van der Waals surface area contributed by atoms with E-state index in [1.54, 1.807) is 19.1 Å². The standard InChI is InChI=1S/C20H23ClO3/c1-4-23-20(22)19(13-15-5-9-17(21)10-6-15)24-18-11-7-16(8-12-18)14(2)3/h5-12,14,19H,4,13H2,1-3H3/t19-/m0/s1. The van der Waals surface area contributed by atoms with Crippen molar-refractivity contribution in [2.75, 3.05) is 6.61 Å². The van der Waals surface area contributed by atoms with Gasteiger partial charge in [-0.05, 0) is 48.2 Å². The summed E-state index contributed by atoms with van der Waals surface area (Å²) < 4.78 is 11.0. The summed E-state index contributed by atoms with van der Waals surface area (Å²) in [7, 11) is 0. The van der Waals surface area contributed by atoms with E-state index in [1.807, 2.05) is 36.4 Å². The fraction of sp³-hybridized carbons (Fsp3) is 0.350. The highest BCUT2D eigenvalue weighted by Gasteiger charge is 2.22. The Morgan fingerprint density at radius 1 is 1.04 bits per heavy atom. The molecule has 24 heavy (non-hydrogen) atoms. The normalized spacial score (nSPS) is 12.0. The van der Waals surface area contributed by atoms with Crippen LogP contribution in [0.4, 0.5) is 0 Å². The van der Waals surface area contributed by atoms with Crippen molar-refractivity contribution in [3.05, 3.63) is 64.7 Å². The van der Waals surface area contributed by atoms with Crippen molar-refractivity contribution in [3.63, 3.8) is 0 Å². The molecule has 0 unspecified atom stereocenters. The SMILES string of the molecule is CCOC(=O)[C@H](Cc1ccc(Cl)cc1)Oc1ccc(C(C)C)cc1. The lowest BCUT2D eigenvalue weighted by atomic mass is 10.0. The minimum absolute atomic E-state index is 0.325. The van der Waals surface area contributed by atoms with Crippen molar-refractivity contribution in [1.82, 2.24) is 0 Å². The number of benzene rings is 2. The summed E-state index contributed by atoms with van der Waals surface area (Å²) in [4.78, 5) is 12.2. The van der Waals surface area contributed by atoms with E-state index in [4.69, 9.17) is 21.1 Å². The minimum Gasteiger partial charge on any atom is -0.478 e. The smallest absolute Gasteiger partial charge is 0.347 e. The van der Waals surface area contributed by atoms with E-state index in [1.165, 1.54) is 5.56 Å². The maximum Gasteiger partial charge on any atom is 0.347 e. The fourth-order valence-corrected chi connectivity index (χ4v) is 2.46. The molecule has 2 aromatic carbocycles. The number of ether oxygens (including phenoxy) is 2. The largest absolute Gasteiger partial charge is 0.478 e. The van der Waals surface area contributed by atoms with Gasteiger partial charge < -0.3 is 9.47 Å². The number of esters is 1. The van der Waals surface area contributed by atoms with Crippen molar-refractivity contribution < 1.29 is 14.3 Å². The lowest BCUT2D eigenvalue weighted by Gasteiger charge is -2.18. The molecule has 0 aliphatic rings. The van der Waals surface area contributed by atoms with Gasteiger partial charge in [-0.3, -0.25) is 0 Å². The Bertz CT molecular complexity index is 648. The van der Waals surface area contributed by atoms with Gasteiger partial charge in [0.05, 0.1) is 6.61 Å². The van der Waals surface area contributed by atoms with Crippen LogP contribution in [0, 0.1) is 0 Å². The average Bonchev–Trinajstić information content (AvgIpc) is 2.57. The van der Waals surface area contributed by atoms with Gasteiger partial charge in [0.1, 0.15) is 5.75 Å². The van der Waals surface area contributed by atoms with Gasteiger partial charge in [-0.1, -0.05) is 49.7 Å². The highest BCUT2D eigenvalue weighted by molar-refractivity contribution is 6.30. The molecule has 128 valence electrons. The molecule has 0 saturated carbocycles. The molecule has 0 aromatic heterocycles. The van der Waals surface area contributed by atoms with Crippen LogP contribution in [-0.4, -0.2) is 18.7 Å². The number of rotatable bonds is 7. The van der Waals surface area contributed by atoms with Crippen molar-refractivity contribution in [2.24, 2.45) is 0 Å². The molecular weight excluding hydrogens is 324 g/mol. The summed E-state index contributed by atoms with van der Waals surface area (Å²) in [6.07, 6.45) is -0.252. The first-order valence-electron chi connectivity index (χ1n) is 8.17. The monoisotopic (exact) mass is 346 g/mol. The average molecular weight is 347 g/mol. The first kappa shape index (κ1) is 18.3. The summed E-state index contributed by atoms with van der Waals surface area (Å²) in [5, 5.41) is 0.664. The molecule has 0 fully saturated rings. The van der Waals surface area contributed by atoms with Crippen molar-refractivity contribution >= 4 is 17.6 Å². The second kappa shape index (κ2) is 8.74. The van der Waals surface area contributed by atoms with Crippen LogP contribution in [0.1, 0.15) is 37.8 Å². The predicted octanol–water partition coefficient (Wildman–Crippen LogP) is 5.02. The summed E-state index contributed by atoms with van der Waals surface area (Å²) in [6, 6.07) is 15.2. The maximum atomic E-state index is 12.2. The molecule has 0 aliphatic heterocycles. The first-order valence-corrected chi connectivity index (χ1v) is 8.55. The number of carbonyl (C=O) groups excluding carboxylic acids is 1. The summed E-state index contributed by atoms with van der Waals surface area (Å²) in [5.41, 5.74) is 2.20. The predicted molar refractivity (Wildman–Crippen MR) is 96.7 cm³/mol. The first-order chi connectivity index (χ1) is 11.5. The second-order valence-corrected chi connectivity index (χ2v) is 6.35. The van der Waals surface area contributed by atoms with E-state index in [0.717, 1.165) is 5.56 Å².